The van der Waals surface area contributed by atoms with Gasteiger partial charge in [0.15, 0.2) is 16.9 Å². The van der Waals surface area contributed by atoms with Gasteiger partial charge in [0.25, 0.3) is 11.0 Å². The summed E-state index contributed by atoms with van der Waals surface area (Å²) in [6.07, 6.45) is 2.68. The summed E-state index contributed by atoms with van der Waals surface area (Å²) in [4.78, 5) is 42.0. The topological polar surface area (TPSA) is 126 Å². The molecule has 0 unspecified atom stereocenters. The van der Waals surface area contributed by atoms with Crippen molar-refractivity contribution < 1.29 is 33.3 Å². The van der Waals surface area contributed by atoms with Crippen molar-refractivity contribution >= 4 is 17.7 Å². The fourth-order valence-corrected chi connectivity index (χ4v) is 5.43. The highest BCUT2D eigenvalue weighted by molar-refractivity contribution is 7.98. The highest BCUT2D eigenvalue weighted by Crippen LogP contribution is 2.50. The minimum atomic E-state index is -0.992. The number of halogens is 1. The molecule has 41 heavy (non-hydrogen) atoms. The van der Waals surface area contributed by atoms with Gasteiger partial charge in [0.05, 0.1) is 31.8 Å². The van der Waals surface area contributed by atoms with Gasteiger partial charge < -0.3 is 24.4 Å². The zero-order valence-corrected chi connectivity index (χ0v) is 23.8. The van der Waals surface area contributed by atoms with Crippen molar-refractivity contribution in [2.45, 2.75) is 37.3 Å². The van der Waals surface area contributed by atoms with E-state index >= 15 is 0 Å². The molecule has 0 bridgehead atoms. The molecule has 1 aliphatic rings. The summed E-state index contributed by atoms with van der Waals surface area (Å²) in [5.74, 6) is -0.00596. The van der Waals surface area contributed by atoms with Crippen LogP contribution in [0.3, 0.4) is 0 Å². The number of hydrogen-bond donors (Lipinski definition) is 1. The molecule has 0 fully saturated rings. The third-order valence-corrected chi connectivity index (χ3v) is 7.44. The normalized spacial score (nSPS) is 13.7. The molecule has 0 radical (unpaired) electrons. The van der Waals surface area contributed by atoms with E-state index in [1.54, 1.807) is 12.3 Å². The summed E-state index contributed by atoms with van der Waals surface area (Å²) in [6, 6.07) is 9.71. The average molecular weight is 585 g/mol. The van der Waals surface area contributed by atoms with Gasteiger partial charge >= 0.3 is 0 Å². The first-order valence-corrected chi connectivity index (χ1v) is 13.9. The van der Waals surface area contributed by atoms with Crippen LogP contribution in [0.2, 0.25) is 0 Å². The van der Waals surface area contributed by atoms with E-state index in [-0.39, 0.29) is 16.6 Å². The Morgan fingerprint density at radius 3 is 2.56 bits per heavy atom. The van der Waals surface area contributed by atoms with Gasteiger partial charge in [-0.15, -0.1) is 21.9 Å². The Morgan fingerprint density at radius 2 is 1.90 bits per heavy atom. The second kappa shape index (κ2) is 12.9. The summed E-state index contributed by atoms with van der Waals surface area (Å²) in [6.45, 7) is 1.75. The van der Waals surface area contributed by atoms with E-state index in [1.807, 2.05) is 19.1 Å². The SMILES string of the molecule is CCOc1cc2c(c(OC)c1OC)-c1ccc(SC)c(=O)cc1[C@@H](NC(=O)c1cc(F)cc(CO[N+](=O)[O-])c1)CC2. The molecular formula is C29H29FN2O8S. The summed E-state index contributed by atoms with van der Waals surface area (Å²) < 4.78 is 31.7. The zero-order chi connectivity index (χ0) is 29.7. The predicted octanol–water partition coefficient (Wildman–Crippen LogP) is 5.12. The maximum absolute atomic E-state index is 14.3. The van der Waals surface area contributed by atoms with Crippen molar-refractivity contribution in [2.24, 2.45) is 0 Å². The molecule has 4 rings (SSSR count). The lowest BCUT2D eigenvalue weighted by atomic mass is 9.95. The second-order valence-electron chi connectivity index (χ2n) is 9.10. The van der Waals surface area contributed by atoms with Crippen LogP contribution in [0.1, 0.15) is 46.4 Å². The monoisotopic (exact) mass is 584 g/mol. The minimum absolute atomic E-state index is 0.0411. The van der Waals surface area contributed by atoms with Crippen LogP contribution in [0.15, 0.2) is 52.2 Å². The highest BCUT2D eigenvalue weighted by Gasteiger charge is 2.30. The Hall–Kier alpha value is -4.32. The number of ether oxygens (including phenoxy) is 3. The maximum Gasteiger partial charge on any atom is 0.294 e. The van der Waals surface area contributed by atoms with Crippen LogP contribution in [-0.2, 0) is 17.9 Å². The van der Waals surface area contributed by atoms with E-state index in [1.165, 1.54) is 38.1 Å². The number of nitrogens with one attached hydrogen (secondary N) is 1. The third-order valence-electron chi connectivity index (χ3n) is 6.66. The third kappa shape index (κ3) is 6.37. The molecule has 216 valence electrons. The van der Waals surface area contributed by atoms with Gasteiger partial charge in [0.1, 0.15) is 12.4 Å². The average Bonchev–Trinajstić information content (AvgIpc) is 3.19. The van der Waals surface area contributed by atoms with Crippen molar-refractivity contribution in [3.8, 4) is 28.4 Å². The van der Waals surface area contributed by atoms with E-state index in [0.29, 0.717) is 58.3 Å². The highest BCUT2D eigenvalue weighted by atomic mass is 32.2. The molecule has 1 N–H and O–H groups in total. The van der Waals surface area contributed by atoms with Crippen LogP contribution in [0, 0.1) is 15.9 Å². The number of carbonyl (C=O) groups is 1. The molecule has 1 amide bonds. The maximum atomic E-state index is 14.3. The van der Waals surface area contributed by atoms with Crippen molar-refractivity contribution in [3.05, 3.63) is 90.9 Å². The first-order valence-electron chi connectivity index (χ1n) is 12.7. The van der Waals surface area contributed by atoms with Gasteiger partial charge in [-0.2, -0.15) is 0 Å². The molecule has 0 saturated carbocycles. The van der Waals surface area contributed by atoms with Gasteiger partial charge in [-0.3, -0.25) is 9.59 Å². The fraction of sp³-hybridized carbons (Fsp3) is 0.310. The number of methoxy groups -OCH3 is 2. The number of benzene rings is 2. The van der Waals surface area contributed by atoms with Gasteiger partial charge in [0, 0.05) is 11.1 Å². The van der Waals surface area contributed by atoms with Crippen LogP contribution in [0.5, 0.6) is 17.2 Å². The van der Waals surface area contributed by atoms with Gasteiger partial charge in [0.2, 0.25) is 5.75 Å². The lowest BCUT2D eigenvalue weighted by Gasteiger charge is -2.20. The zero-order valence-electron chi connectivity index (χ0n) is 22.9. The number of fused-ring (bicyclic) bond motifs is 3. The quantitative estimate of drug-likeness (QED) is 0.196. The number of amides is 1. The molecule has 1 aliphatic carbocycles. The predicted molar refractivity (Wildman–Crippen MR) is 151 cm³/mol. The summed E-state index contributed by atoms with van der Waals surface area (Å²) >= 11 is 1.31. The summed E-state index contributed by atoms with van der Waals surface area (Å²) in [5, 5.41) is 12.5. The minimum Gasteiger partial charge on any atom is -0.492 e. The van der Waals surface area contributed by atoms with Crippen molar-refractivity contribution in [3.63, 3.8) is 0 Å². The molecule has 0 spiro atoms. The Balaban J connectivity index is 1.85. The molecule has 3 aromatic rings. The fourth-order valence-electron chi connectivity index (χ4n) is 4.96. The van der Waals surface area contributed by atoms with E-state index in [2.05, 4.69) is 10.2 Å². The van der Waals surface area contributed by atoms with Gasteiger partial charge in [-0.05, 0) is 84.7 Å². The van der Waals surface area contributed by atoms with Crippen LogP contribution < -0.4 is 25.0 Å². The Bertz CT molecular complexity index is 1550. The van der Waals surface area contributed by atoms with Gasteiger partial charge in [-0.25, -0.2) is 4.39 Å². The molecule has 0 heterocycles. The second-order valence-corrected chi connectivity index (χ2v) is 9.95. The smallest absolute Gasteiger partial charge is 0.294 e. The molecule has 0 aliphatic heterocycles. The standard InChI is InChI=1S/C29H29FN2O8S/c1-5-39-24-13-17-6-8-22(31-29(34)18-10-16(11-19(30)12-18)15-40-32(35)36)21-14-23(33)25(41-4)9-7-20(21)26(17)28(38-3)27(24)37-2/h7,9-14,22H,5-6,8,15H2,1-4H3,(H,31,34)/t22-/m0/s1. The lowest BCUT2D eigenvalue weighted by molar-refractivity contribution is -0.763. The van der Waals surface area contributed by atoms with E-state index < -0.39 is 29.5 Å². The Labute approximate surface area is 239 Å². The molecule has 10 nitrogen and oxygen atoms in total. The number of carbonyl (C=O) groups excluding carboxylic acids is 1. The number of aryl methyl sites for hydroxylation is 1. The largest absolute Gasteiger partial charge is 0.492 e. The molecule has 0 aromatic heterocycles. The molecule has 3 aromatic carbocycles. The van der Waals surface area contributed by atoms with Gasteiger partial charge in [-0.1, -0.05) is 6.07 Å². The van der Waals surface area contributed by atoms with Crippen molar-refractivity contribution in [1.29, 1.82) is 0 Å². The lowest BCUT2D eigenvalue weighted by Crippen LogP contribution is -2.29. The first-order chi connectivity index (χ1) is 19.7. The molecule has 1 atom stereocenters. The van der Waals surface area contributed by atoms with Crippen molar-refractivity contribution in [2.75, 3.05) is 27.1 Å². The van der Waals surface area contributed by atoms with Crippen LogP contribution >= 0.6 is 11.8 Å². The Kier molecular flexibility index (Phi) is 9.33. The number of thioether (sulfide) groups is 1. The van der Waals surface area contributed by atoms with Crippen molar-refractivity contribution in [1.82, 2.24) is 5.32 Å². The number of hydrogen-bond acceptors (Lipinski definition) is 9. The summed E-state index contributed by atoms with van der Waals surface area (Å²) in [5.41, 5.74) is 2.67. The number of rotatable bonds is 10. The van der Waals surface area contributed by atoms with Crippen LogP contribution in [0.4, 0.5) is 4.39 Å². The summed E-state index contributed by atoms with van der Waals surface area (Å²) in [7, 11) is 3.04. The van der Waals surface area contributed by atoms with Crippen LogP contribution in [0.25, 0.3) is 11.1 Å². The molecule has 0 saturated heterocycles. The van der Waals surface area contributed by atoms with E-state index in [9.17, 15) is 24.1 Å². The molecule has 12 heteroatoms. The Morgan fingerprint density at radius 1 is 1.15 bits per heavy atom. The first kappa shape index (κ1) is 29.7. The van der Waals surface area contributed by atoms with E-state index in [0.717, 1.165) is 17.7 Å². The number of nitrogens with zero attached hydrogens (tertiary/aromatic N) is 1. The molecular weight excluding hydrogens is 555 g/mol. The van der Waals surface area contributed by atoms with Crippen LogP contribution in [-0.4, -0.2) is 38.1 Å². The van der Waals surface area contributed by atoms with E-state index in [4.69, 9.17) is 14.2 Å².